The van der Waals surface area contributed by atoms with E-state index < -0.39 is 0 Å². The van der Waals surface area contributed by atoms with Crippen LogP contribution in [0.4, 0.5) is 0 Å². The summed E-state index contributed by atoms with van der Waals surface area (Å²) in [5.41, 5.74) is 8.76. The highest BCUT2D eigenvalue weighted by Gasteiger charge is 2.34. The maximum atomic E-state index is 6.02. The molecular formula is C14H20BrNO. The first-order chi connectivity index (χ1) is 8.13. The van der Waals surface area contributed by atoms with Crippen molar-refractivity contribution in [3.05, 3.63) is 27.7 Å². The van der Waals surface area contributed by atoms with Gasteiger partial charge >= 0.3 is 0 Å². The number of aryl methyl sites for hydroxylation is 1. The third-order valence-corrected chi connectivity index (χ3v) is 4.59. The minimum atomic E-state index is 0.194. The highest BCUT2D eigenvalue weighted by Crippen LogP contribution is 2.43. The van der Waals surface area contributed by atoms with Crippen LogP contribution < -0.4 is 10.5 Å². The molecule has 94 valence electrons. The lowest BCUT2D eigenvalue weighted by Crippen LogP contribution is -2.32. The third kappa shape index (κ3) is 2.23. The zero-order chi connectivity index (χ0) is 12.5. The Balaban J connectivity index is 2.45. The molecule has 17 heavy (non-hydrogen) atoms. The van der Waals surface area contributed by atoms with Crippen LogP contribution in [0, 0.1) is 6.92 Å². The fourth-order valence-corrected chi connectivity index (χ4v) is 3.68. The summed E-state index contributed by atoms with van der Waals surface area (Å²) < 4.78 is 6.42. The van der Waals surface area contributed by atoms with Gasteiger partial charge in [-0.3, -0.25) is 0 Å². The van der Waals surface area contributed by atoms with Gasteiger partial charge in [-0.25, -0.2) is 0 Å². The van der Waals surface area contributed by atoms with Crippen LogP contribution in [0.2, 0.25) is 0 Å². The van der Waals surface area contributed by atoms with Gasteiger partial charge in [0.15, 0.2) is 0 Å². The summed E-state index contributed by atoms with van der Waals surface area (Å²) in [5.74, 6) is 0.930. The van der Waals surface area contributed by atoms with Crippen molar-refractivity contribution >= 4 is 15.9 Å². The molecule has 0 spiro atoms. The third-order valence-electron chi connectivity index (χ3n) is 4.00. The molecule has 2 nitrogen and oxygen atoms in total. The molecule has 0 unspecified atom stereocenters. The first-order valence-corrected chi connectivity index (χ1v) is 6.97. The topological polar surface area (TPSA) is 35.2 Å². The van der Waals surface area contributed by atoms with Gasteiger partial charge in [0, 0.05) is 12.0 Å². The van der Waals surface area contributed by atoms with Gasteiger partial charge in [0.2, 0.25) is 0 Å². The first kappa shape index (κ1) is 12.9. The number of hydrogen-bond donors (Lipinski definition) is 1. The quantitative estimate of drug-likeness (QED) is 0.926. The molecule has 1 aromatic carbocycles. The van der Waals surface area contributed by atoms with E-state index in [1.165, 1.54) is 36.8 Å². The molecular weight excluding hydrogens is 278 g/mol. The van der Waals surface area contributed by atoms with Crippen LogP contribution in [-0.2, 0) is 5.41 Å². The molecule has 1 fully saturated rings. The largest absolute Gasteiger partial charge is 0.495 e. The normalized spacial score (nSPS) is 18.4. The zero-order valence-electron chi connectivity index (χ0n) is 10.6. The van der Waals surface area contributed by atoms with E-state index in [9.17, 15) is 0 Å². The summed E-state index contributed by atoms with van der Waals surface area (Å²) in [6.45, 7) is 2.83. The Bertz CT molecular complexity index is 388. The number of nitrogens with two attached hydrogens (primary N) is 1. The average molecular weight is 298 g/mol. The minimum absolute atomic E-state index is 0.194. The maximum absolute atomic E-state index is 6.02. The van der Waals surface area contributed by atoms with Gasteiger partial charge in [0.05, 0.1) is 11.6 Å². The van der Waals surface area contributed by atoms with Crippen molar-refractivity contribution in [3.63, 3.8) is 0 Å². The van der Waals surface area contributed by atoms with E-state index in [4.69, 9.17) is 10.5 Å². The highest BCUT2D eigenvalue weighted by atomic mass is 79.9. The van der Waals surface area contributed by atoms with Crippen molar-refractivity contribution in [3.8, 4) is 5.75 Å². The Morgan fingerprint density at radius 3 is 2.47 bits per heavy atom. The van der Waals surface area contributed by atoms with Crippen molar-refractivity contribution in [2.24, 2.45) is 5.73 Å². The Kier molecular flexibility index (Phi) is 3.79. The van der Waals surface area contributed by atoms with Crippen LogP contribution in [0.25, 0.3) is 0 Å². The van der Waals surface area contributed by atoms with Crippen LogP contribution in [-0.4, -0.2) is 13.7 Å². The minimum Gasteiger partial charge on any atom is -0.495 e. The smallest absolute Gasteiger partial charge is 0.135 e. The number of rotatable bonds is 3. The SMILES string of the molecule is COc1c(C)cc(C2(CN)CCCC2)cc1Br. The van der Waals surface area contributed by atoms with Gasteiger partial charge in [0.25, 0.3) is 0 Å². The van der Waals surface area contributed by atoms with E-state index >= 15 is 0 Å². The molecule has 2 rings (SSSR count). The second-order valence-electron chi connectivity index (χ2n) is 5.00. The standard InChI is InChI=1S/C14H20BrNO/c1-10-7-11(8-12(15)13(10)17-2)14(9-16)5-3-4-6-14/h7-8H,3-6,9,16H2,1-2H3. The molecule has 3 heteroatoms. The molecule has 1 aliphatic rings. The molecule has 0 heterocycles. The lowest BCUT2D eigenvalue weighted by Gasteiger charge is -2.29. The number of ether oxygens (including phenoxy) is 1. The van der Waals surface area contributed by atoms with Gasteiger partial charge < -0.3 is 10.5 Å². The van der Waals surface area contributed by atoms with Crippen LogP contribution in [0.15, 0.2) is 16.6 Å². The van der Waals surface area contributed by atoms with E-state index in [0.29, 0.717) is 0 Å². The Morgan fingerprint density at radius 2 is 2.00 bits per heavy atom. The van der Waals surface area contributed by atoms with Crippen molar-refractivity contribution in [1.29, 1.82) is 0 Å². The van der Waals surface area contributed by atoms with Gasteiger partial charge in [0.1, 0.15) is 5.75 Å². The number of halogens is 1. The zero-order valence-corrected chi connectivity index (χ0v) is 12.1. The molecule has 1 saturated carbocycles. The van der Waals surface area contributed by atoms with E-state index in [1.807, 2.05) is 0 Å². The summed E-state index contributed by atoms with van der Waals surface area (Å²) >= 11 is 3.59. The van der Waals surface area contributed by atoms with E-state index in [1.54, 1.807) is 7.11 Å². The highest BCUT2D eigenvalue weighted by molar-refractivity contribution is 9.10. The van der Waals surface area contributed by atoms with E-state index in [2.05, 4.69) is 35.0 Å². The summed E-state index contributed by atoms with van der Waals surface area (Å²) in [6, 6.07) is 4.42. The summed E-state index contributed by atoms with van der Waals surface area (Å²) in [4.78, 5) is 0. The van der Waals surface area contributed by atoms with Crippen LogP contribution in [0.3, 0.4) is 0 Å². The molecule has 0 bridgehead atoms. The number of benzene rings is 1. The monoisotopic (exact) mass is 297 g/mol. The molecule has 1 aliphatic carbocycles. The molecule has 0 atom stereocenters. The molecule has 2 N–H and O–H groups in total. The number of methoxy groups -OCH3 is 1. The second-order valence-corrected chi connectivity index (χ2v) is 5.85. The van der Waals surface area contributed by atoms with Crippen molar-refractivity contribution in [2.75, 3.05) is 13.7 Å². The molecule has 0 aromatic heterocycles. The van der Waals surface area contributed by atoms with Crippen molar-refractivity contribution in [2.45, 2.75) is 38.0 Å². The van der Waals surface area contributed by atoms with Crippen LogP contribution >= 0.6 is 15.9 Å². The molecule has 0 amide bonds. The summed E-state index contributed by atoms with van der Waals surface area (Å²) in [7, 11) is 1.71. The lowest BCUT2D eigenvalue weighted by molar-refractivity contribution is 0.406. The summed E-state index contributed by atoms with van der Waals surface area (Å²) in [6.07, 6.45) is 5.00. The van der Waals surface area contributed by atoms with Gasteiger partial charge in [-0.15, -0.1) is 0 Å². The number of hydrogen-bond acceptors (Lipinski definition) is 2. The fraction of sp³-hybridized carbons (Fsp3) is 0.571. The lowest BCUT2D eigenvalue weighted by atomic mass is 9.78. The molecule has 0 aliphatic heterocycles. The van der Waals surface area contributed by atoms with E-state index in [0.717, 1.165) is 16.8 Å². The van der Waals surface area contributed by atoms with Gasteiger partial charge in [-0.05, 0) is 52.9 Å². The Morgan fingerprint density at radius 1 is 1.35 bits per heavy atom. The molecule has 1 aromatic rings. The Labute approximate surface area is 112 Å². The average Bonchev–Trinajstić information content (AvgIpc) is 2.78. The molecule has 0 radical (unpaired) electrons. The van der Waals surface area contributed by atoms with Crippen molar-refractivity contribution < 1.29 is 4.74 Å². The van der Waals surface area contributed by atoms with Crippen molar-refractivity contribution in [1.82, 2.24) is 0 Å². The second kappa shape index (κ2) is 4.99. The predicted octanol–water partition coefficient (Wildman–Crippen LogP) is 3.54. The van der Waals surface area contributed by atoms with E-state index in [-0.39, 0.29) is 5.41 Å². The predicted molar refractivity (Wildman–Crippen MR) is 74.6 cm³/mol. The molecule has 0 saturated heterocycles. The van der Waals surface area contributed by atoms with Crippen LogP contribution in [0.5, 0.6) is 5.75 Å². The fourth-order valence-electron chi connectivity index (χ4n) is 2.96. The first-order valence-electron chi connectivity index (χ1n) is 6.17. The Hall–Kier alpha value is -0.540. The van der Waals surface area contributed by atoms with Crippen LogP contribution in [0.1, 0.15) is 36.8 Å². The maximum Gasteiger partial charge on any atom is 0.135 e. The van der Waals surface area contributed by atoms with Gasteiger partial charge in [-0.2, -0.15) is 0 Å². The summed E-state index contributed by atoms with van der Waals surface area (Å²) in [5, 5.41) is 0. The van der Waals surface area contributed by atoms with Gasteiger partial charge in [-0.1, -0.05) is 18.9 Å².